The molecule has 0 radical (unpaired) electrons. The van der Waals surface area contributed by atoms with Gasteiger partial charge in [0, 0.05) is 10.8 Å². The number of carbonyl (C=O) groups is 1. The maximum Gasteiger partial charge on any atom is 0.150 e. The van der Waals surface area contributed by atoms with Gasteiger partial charge in [-0.05, 0) is 39.1 Å². The first kappa shape index (κ1) is 12.5. The van der Waals surface area contributed by atoms with Gasteiger partial charge in [0.15, 0.2) is 6.29 Å². The highest BCUT2D eigenvalue weighted by Gasteiger charge is 2.20. The highest BCUT2D eigenvalue weighted by atomic mass is 32.2. The molecule has 1 aliphatic heterocycles. The Morgan fingerprint density at radius 1 is 0.950 bits per heavy atom. The molecular weight excluding hydrogens is 284 g/mol. The van der Waals surface area contributed by atoms with Crippen molar-refractivity contribution in [2.75, 3.05) is 11.5 Å². The van der Waals surface area contributed by atoms with Crippen molar-refractivity contribution in [2.24, 2.45) is 0 Å². The lowest BCUT2D eigenvalue weighted by atomic mass is 9.95. The molecule has 0 bridgehead atoms. The van der Waals surface area contributed by atoms with Crippen LogP contribution in [0.4, 0.5) is 0 Å². The number of fused-ring (bicyclic) bond motifs is 2. The van der Waals surface area contributed by atoms with Crippen molar-refractivity contribution >= 4 is 29.8 Å². The summed E-state index contributed by atoms with van der Waals surface area (Å²) in [4.78, 5) is 11.3. The highest BCUT2D eigenvalue weighted by molar-refractivity contribution is 8.16. The second-order valence-corrected chi connectivity index (χ2v) is 7.81. The highest BCUT2D eigenvalue weighted by Crippen LogP contribution is 2.44. The van der Waals surface area contributed by atoms with E-state index < -0.39 is 0 Å². The summed E-state index contributed by atoms with van der Waals surface area (Å²) < 4.78 is 0.520. The monoisotopic (exact) mass is 298 g/mol. The van der Waals surface area contributed by atoms with E-state index in [0.29, 0.717) is 4.58 Å². The van der Waals surface area contributed by atoms with Crippen LogP contribution >= 0.6 is 23.5 Å². The molecule has 4 rings (SSSR count). The lowest BCUT2D eigenvalue weighted by molar-refractivity contribution is 0.112. The van der Waals surface area contributed by atoms with Gasteiger partial charge in [-0.2, -0.15) is 0 Å². The number of aldehydes is 1. The zero-order valence-electron chi connectivity index (χ0n) is 11.0. The minimum Gasteiger partial charge on any atom is -0.298 e. The van der Waals surface area contributed by atoms with Crippen molar-refractivity contribution < 1.29 is 4.79 Å². The van der Waals surface area contributed by atoms with E-state index in [2.05, 4.69) is 24.3 Å². The second-order valence-electron chi connectivity index (χ2n) is 5.08. The molecule has 2 aromatic rings. The first-order valence-electron chi connectivity index (χ1n) is 6.85. The van der Waals surface area contributed by atoms with Gasteiger partial charge < -0.3 is 0 Å². The van der Waals surface area contributed by atoms with E-state index in [1.54, 1.807) is 0 Å². The third-order valence-electron chi connectivity index (χ3n) is 3.94. The van der Waals surface area contributed by atoms with Crippen LogP contribution in [0.1, 0.15) is 26.9 Å². The molecule has 0 atom stereocenters. The lowest BCUT2D eigenvalue weighted by Gasteiger charge is -2.23. The molecule has 1 fully saturated rings. The maximum atomic E-state index is 11.3. The molecule has 0 amide bonds. The average molecular weight is 298 g/mol. The van der Waals surface area contributed by atoms with Crippen LogP contribution < -0.4 is 0 Å². The summed E-state index contributed by atoms with van der Waals surface area (Å²) >= 11 is 4.07. The fourth-order valence-electron chi connectivity index (χ4n) is 3.05. The largest absolute Gasteiger partial charge is 0.298 e. The van der Waals surface area contributed by atoms with Crippen LogP contribution in [0.15, 0.2) is 36.4 Å². The van der Waals surface area contributed by atoms with E-state index in [1.165, 1.54) is 44.4 Å². The van der Waals surface area contributed by atoms with Gasteiger partial charge in [-0.3, -0.25) is 4.79 Å². The Morgan fingerprint density at radius 2 is 1.65 bits per heavy atom. The van der Waals surface area contributed by atoms with Crippen LogP contribution in [-0.4, -0.2) is 17.8 Å². The fraction of sp³-hybridized carbons (Fsp3) is 0.235. The molecule has 20 heavy (non-hydrogen) atoms. The molecule has 2 aliphatic rings. The predicted octanol–water partition coefficient (Wildman–Crippen LogP) is 4.26. The molecule has 0 saturated carbocycles. The quantitative estimate of drug-likeness (QED) is 0.658. The van der Waals surface area contributed by atoms with E-state index in [9.17, 15) is 4.79 Å². The summed E-state index contributed by atoms with van der Waals surface area (Å²) in [5, 5.41) is 5.03. The van der Waals surface area contributed by atoms with Crippen LogP contribution in [0, 0.1) is 20.9 Å². The van der Waals surface area contributed by atoms with Crippen molar-refractivity contribution in [3.8, 4) is 0 Å². The van der Waals surface area contributed by atoms with E-state index in [4.69, 9.17) is 0 Å². The first-order valence-corrected chi connectivity index (χ1v) is 8.95. The van der Waals surface area contributed by atoms with Crippen molar-refractivity contribution in [3.63, 3.8) is 0 Å². The van der Waals surface area contributed by atoms with Gasteiger partial charge in [0.05, 0.1) is 4.58 Å². The summed E-state index contributed by atoms with van der Waals surface area (Å²) in [5.74, 6) is 2.48. The Hall–Kier alpha value is -1.19. The molecule has 0 spiro atoms. The van der Waals surface area contributed by atoms with E-state index in [-0.39, 0.29) is 0 Å². The fourth-order valence-corrected chi connectivity index (χ4v) is 5.99. The van der Waals surface area contributed by atoms with Gasteiger partial charge in [-0.25, -0.2) is 0 Å². The number of thioether (sulfide) groups is 2. The second kappa shape index (κ2) is 4.97. The average Bonchev–Trinajstić information content (AvgIpc) is 2.52. The number of carbonyl (C=O) groups excluding carboxylic acids is 1. The Kier molecular flexibility index (Phi) is 3.12. The lowest BCUT2D eigenvalue weighted by Crippen LogP contribution is -2.05. The van der Waals surface area contributed by atoms with Gasteiger partial charge in [0.25, 0.3) is 0 Å². The zero-order valence-corrected chi connectivity index (χ0v) is 12.6. The van der Waals surface area contributed by atoms with Crippen LogP contribution in [0.5, 0.6) is 0 Å². The molecule has 2 aromatic carbocycles. The molecule has 0 N–H and O–H groups in total. The topological polar surface area (TPSA) is 17.1 Å². The molecule has 1 nitrogen and oxygen atoms in total. The molecule has 0 aromatic heterocycles. The summed E-state index contributed by atoms with van der Waals surface area (Å²) in [6.07, 6.45) is 2.29. The van der Waals surface area contributed by atoms with Gasteiger partial charge in [0.2, 0.25) is 0 Å². The van der Waals surface area contributed by atoms with Crippen LogP contribution in [-0.2, 0) is 0 Å². The molecule has 1 saturated heterocycles. The number of benzene rings is 2. The number of hydrogen-bond acceptors (Lipinski definition) is 3. The molecular formula is C17H14OS2. The standard InChI is InChI=1S/C17H14OS2/c18-10-11-4-1-5-12-13-6-2-7-14(16(13)15(11)12)17-19-8-3-9-20-17/h1-2,4-7,10,17H,3,8-9H2. The third kappa shape index (κ3) is 1.76. The summed E-state index contributed by atoms with van der Waals surface area (Å²) in [5.41, 5.74) is 2.23. The first-order chi connectivity index (χ1) is 9.90. The third-order valence-corrected chi connectivity index (χ3v) is 6.92. The van der Waals surface area contributed by atoms with Gasteiger partial charge in [-0.15, -0.1) is 23.5 Å². The van der Waals surface area contributed by atoms with Gasteiger partial charge in [-0.1, -0.05) is 36.4 Å². The Labute approximate surface area is 125 Å². The van der Waals surface area contributed by atoms with E-state index in [1.807, 2.05) is 35.7 Å². The maximum absolute atomic E-state index is 11.3. The van der Waals surface area contributed by atoms with Crippen molar-refractivity contribution in [1.29, 1.82) is 0 Å². The number of hydrogen-bond donors (Lipinski definition) is 0. The molecule has 1 aliphatic carbocycles. The molecule has 0 unspecified atom stereocenters. The minimum absolute atomic E-state index is 0.520. The van der Waals surface area contributed by atoms with Crippen molar-refractivity contribution in [2.45, 2.75) is 11.0 Å². The van der Waals surface area contributed by atoms with E-state index in [0.717, 1.165) is 11.8 Å². The van der Waals surface area contributed by atoms with Gasteiger partial charge in [0.1, 0.15) is 0 Å². The Morgan fingerprint density at radius 3 is 2.40 bits per heavy atom. The van der Waals surface area contributed by atoms with Crippen molar-refractivity contribution in [1.82, 2.24) is 0 Å². The molecule has 1 heterocycles. The SMILES string of the molecule is O=Cc1cccc2c1=c1c(C3SCCCS3)cccc1=2. The van der Waals surface area contributed by atoms with Crippen LogP contribution in [0.2, 0.25) is 0 Å². The summed E-state index contributed by atoms with van der Waals surface area (Å²) in [7, 11) is 0. The summed E-state index contributed by atoms with van der Waals surface area (Å²) in [6, 6.07) is 12.6. The van der Waals surface area contributed by atoms with E-state index >= 15 is 0 Å². The smallest absolute Gasteiger partial charge is 0.150 e. The van der Waals surface area contributed by atoms with Crippen LogP contribution in [0.3, 0.4) is 0 Å². The zero-order chi connectivity index (χ0) is 13.5. The van der Waals surface area contributed by atoms with Crippen LogP contribution in [0.25, 0.3) is 0 Å². The van der Waals surface area contributed by atoms with Gasteiger partial charge >= 0.3 is 0 Å². The summed E-state index contributed by atoms with van der Waals surface area (Å²) in [6.45, 7) is 0. The minimum atomic E-state index is 0.520. The normalized spacial score (nSPS) is 17.0. The predicted molar refractivity (Wildman–Crippen MR) is 85.9 cm³/mol. The number of rotatable bonds is 2. The Balaban J connectivity index is 2.03. The van der Waals surface area contributed by atoms with Crippen molar-refractivity contribution in [3.05, 3.63) is 68.4 Å². The molecule has 3 heteroatoms. The molecule has 100 valence electrons. The Bertz CT molecular complexity index is 867.